The molecule has 0 radical (unpaired) electrons. The molecule has 0 amide bonds. The van der Waals surface area contributed by atoms with Crippen molar-refractivity contribution in [3.8, 4) is 5.69 Å². The molecule has 2 heterocycles. The minimum absolute atomic E-state index is 0.300. The van der Waals surface area contributed by atoms with Crippen LogP contribution in [0, 0.1) is 13.8 Å². The number of imidazole rings is 1. The summed E-state index contributed by atoms with van der Waals surface area (Å²) in [6.45, 7) is 9.12. The van der Waals surface area contributed by atoms with Gasteiger partial charge in [0.15, 0.2) is 11.6 Å². The molecule has 114 valence electrons. The molecular formula is C17H21N5. The van der Waals surface area contributed by atoms with Crippen LogP contribution >= 0.6 is 0 Å². The van der Waals surface area contributed by atoms with Crippen molar-refractivity contribution in [2.45, 2.75) is 40.2 Å². The Kier molecular flexibility index (Phi) is 3.79. The molecule has 5 heteroatoms. The molecule has 0 aliphatic rings. The number of aromatic nitrogens is 5. The van der Waals surface area contributed by atoms with Gasteiger partial charge in [-0.3, -0.25) is 0 Å². The van der Waals surface area contributed by atoms with Crippen molar-refractivity contribution in [2.75, 3.05) is 0 Å². The fraction of sp³-hybridized carbons (Fsp3) is 0.353. The maximum Gasteiger partial charge on any atom is 0.154 e. The van der Waals surface area contributed by atoms with E-state index in [1.54, 1.807) is 12.5 Å². The summed E-state index contributed by atoms with van der Waals surface area (Å²) in [6, 6.07) is 6.38. The second kappa shape index (κ2) is 5.75. The fourth-order valence-electron chi connectivity index (χ4n) is 2.32. The first kappa shape index (κ1) is 14.5. The third-order valence-electron chi connectivity index (χ3n) is 3.83. The van der Waals surface area contributed by atoms with Gasteiger partial charge in [-0.15, -0.1) is 0 Å². The van der Waals surface area contributed by atoms with Crippen molar-refractivity contribution >= 4 is 0 Å². The summed E-state index contributed by atoms with van der Waals surface area (Å²) in [4.78, 5) is 8.81. The molecule has 1 aromatic carbocycles. The molecule has 0 aliphatic carbocycles. The van der Waals surface area contributed by atoms with Gasteiger partial charge in [0.05, 0.1) is 18.6 Å². The highest BCUT2D eigenvalue weighted by atomic mass is 15.4. The van der Waals surface area contributed by atoms with Crippen LogP contribution < -0.4 is 0 Å². The van der Waals surface area contributed by atoms with E-state index in [9.17, 15) is 0 Å². The predicted molar refractivity (Wildman–Crippen MR) is 86.3 cm³/mol. The Labute approximate surface area is 130 Å². The van der Waals surface area contributed by atoms with Crippen molar-refractivity contribution < 1.29 is 0 Å². The zero-order valence-corrected chi connectivity index (χ0v) is 13.5. The van der Waals surface area contributed by atoms with Crippen LogP contribution in [0.2, 0.25) is 0 Å². The average molecular weight is 295 g/mol. The number of benzene rings is 1. The average Bonchev–Trinajstić information content (AvgIpc) is 3.12. The Morgan fingerprint density at radius 2 is 1.95 bits per heavy atom. The van der Waals surface area contributed by atoms with E-state index >= 15 is 0 Å². The summed E-state index contributed by atoms with van der Waals surface area (Å²) >= 11 is 0. The minimum Gasteiger partial charge on any atom is -0.330 e. The van der Waals surface area contributed by atoms with E-state index in [0.717, 1.165) is 17.3 Å². The largest absolute Gasteiger partial charge is 0.330 e. The lowest BCUT2D eigenvalue weighted by atomic mass is 10.1. The van der Waals surface area contributed by atoms with Crippen molar-refractivity contribution in [2.24, 2.45) is 0 Å². The van der Waals surface area contributed by atoms with Gasteiger partial charge in [-0.05, 0) is 37.1 Å². The lowest BCUT2D eigenvalue weighted by Gasteiger charge is -2.08. The van der Waals surface area contributed by atoms with Crippen LogP contribution in [-0.4, -0.2) is 24.3 Å². The molecule has 0 aliphatic heterocycles. The second-order valence-electron chi connectivity index (χ2n) is 5.96. The third-order valence-corrected chi connectivity index (χ3v) is 3.83. The van der Waals surface area contributed by atoms with E-state index in [1.807, 2.05) is 15.4 Å². The molecular weight excluding hydrogens is 274 g/mol. The summed E-state index contributed by atoms with van der Waals surface area (Å²) < 4.78 is 3.95. The van der Waals surface area contributed by atoms with Crippen LogP contribution in [0.15, 0.2) is 36.9 Å². The van der Waals surface area contributed by atoms with Gasteiger partial charge in [-0.2, -0.15) is 5.10 Å². The summed E-state index contributed by atoms with van der Waals surface area (Å²) in [7, 11) is 0. The molecule has 0 bridgehead atoms. The first-order valence-corrected chi connectivity index (χ1v) is 7.54. The molecule has 2 aromatic heterocycles. The number of rotatable bonds is 4. The third kappa shape index (κ3) is 2.79. The quantitative estimate of drug-likeness (QED) is 0.742. The topological polar surface area (TPSA) is 48.5 Å². The number of nitrogens with zero attached hydrogens (tertiary/aromatic N) is 5. The van der Waals surface area contributed by atoms with Gasteiger partial charge in [0, 0.05) is 18.3 Å². The number of aryl methyl sites for hydroxylation is 2. The van der Waals surface area contributed by atoms with Crippen LogP contribution in [0.3, 0.4) is 0 Å². The smallest absolute Gasteiger partial charge is 0.154 e. The molecule has 0 N–H and O–H groups in total. The van der Waals surface area contributed by atoms with Gasteiger partial charge in [0.25, 0.3) is 0 Å². The molecule has 22 heavy (non-hydrogen) atoms. The van der Waals surface area contributed by atoms with Crippen LogP contribution in [-0.2, 0) is 6.54 Å². The molecule has 0 saturated heterocycles. The maximum absolute atomic E-state index is 4.72. The minimum atomic E-state index is 0.300. The maximum atomic E-state index is 4.72. The lowest BCUT2D eigenvalue weighted by molar-refractivity contribution is 0.699. The van der Waals surface area contributed by atoms with E-state index in [1.165, 1.54) is 11.1 Å². The van der Waals surface area contributed by atoms with E-state index < -0.39 is 0 Å². The van der Waals surface area contributed by atoms with Crippen LogP contribution in [0.4, 0.5) is 0 Å². The van der Waals surface area contributed by atoms with Crippen molar-refractivity contribution in [1.29, 1.82) is 0 Å². The predicted octanol–water partition coefficient (Wildman–Crippen LogP) is 3.25. The lowest BCUT2D eigenvalue weighted by Crippen LogP contribution is -2.07. The SMILES string of the molecule is Cc1ccc(-n2nc(C(C)C)nc2Cn2ccnc2)cc1C. The van der Waals surface area contributed by atoms with Gasteiger partial charge in [0.2, 0.25) is 0 Å². The van der Waals surface area contributed by atoms with Gasteiger partial charge in [-0.25, -0.2) is 14.6 Å². The molecule has 0 saturated carbocycles. The first-order chi connectivity index (χ1) is 10.5. The summed E-state index contributed by atoms with van der Waals surface area (Å²) in [5, 5.41) is 4.70. The van der Waals surface area contributed by atoms with Crippen LogP contribution in [0.5, 0.6) is 0 Å². The van der Waals surface area contributed by atoms with Gasteiger partial charge in [0.1, 0.15) is 0 Å². The zero-order chi connectivity index (χ0) is 15.7. The summed E-state index contributed by atoms with van der Waals surface area (Å²) in [6.07, 6.45) is 5.52. The second-order valence-corrected chi connectivity index (χ2v) is 5.96. The molecule has 0 unspecified atom stereocenters. The Morgan fingerprint density at radius 3 is 2.59 bits per heavy atom. The molecule has 0 spiro atoms. The van der Waals surface area contributed by atoms with Gasteiger partial charge in [-0.1, -0.05) is 19.9 Å². The summed E-state index contributed by atoms with van der Waals surface area (Å²) in [5.41, 5.74) is 3.59. The van der Waals surface area contributed by atoms with E-state index in [0.29, 0.717) is 12.5 Å². The Morgan fingerprint density at radius 1 is 1.14 bits per heavy atom. The van der Waals surface area contributed by atoms with Gasteiger partial charge >= 0.3 is 0 Å². The molecule has 3 aromatic rings. The van der Waals surface area contributed by atoms with E-state index in [4.69, 9.17) is 10.1 Å². The summed E-state index contributed by atoms with van der Waals surface area (Å²) in [5.74, 6) is 2.09. The number of hydrogen-bond acceptors (Lipinski definition) is 3. The highest BCUT2D eigenvalue weighted by Gasteiger charge is 2.14. The van der Waals surface area contributed by atoms with E-state index in [2.05, 4.69) is 50.9 Å². The van der Waals surface area contributed by atoms with Crippen molar-refractivity contribution in [3.63, 3.8) is 0 Å². The molecule has 3 rings (SSSR count). The van der Waals surface area contributed by atoms with Crippen molar-refractivity contribution in [3.05, 3.63) is 59.7 Å². The fourth-order valence-corrected chi connectivity index (χ4v) is 2.32. The van der Waals surface area contributed by atoms with Crippen LogP contribution in [0.25, 0.3) is 5.69 Å². The Bertz CT molecular complexity index is 768. The zero-order valence-electron chi connectivity index (χ0n) is 13.5. The van der Waals surface area contributed by atoms with Crippen LogP contribution in [0.1, 0.15) is 42.5 Å². The first-order valence-electron chi connectivity index (χ1n) is 7.54. The highest BCUT2D eigenvalue weighted by molar-refractivity contribution is 5.39. The molecule has 0 atom stereocenters. The standard InChI is InChI=1S/C17H21N5/c1-12(2)17-19-16(10-21-8-7-18-11-21)22(20-17)15-6-5-13(3)14(4)9-15/h5-9,11-12H,10H2,1-4H3. The highest BCUT2D eigenvalue weighted by Crippen LogP contribution is 2.18. The van der Waals surface area contributed by atoms with E-state index in [-0.39, 0.29) is 0 Å². The Hall–Kier alpha value is -2.43. The molecule has 0 fully saturated rings. The van der Waals surface area contributed by atoms with Gasteiger partial charge < -0.3 is 4.57 Å². The Balaban J connectivity index is 2.06. The normalized spacial score (nSPS) is 11.3. The van der Waals surface area contributed by atoms with Crippen molar-refractivity contribution in [1.82, 2.24) is 24.3 Å². The number of hydrogen-bond donors (Lipinski definition) is 0. The monoisotopic (exact) mass is 295 g/mol. The molecule has 5 nitrogen and oxygen atoms in total.